The molecule has 21 heavy (non-hydrogen) atoms. The third-order valence-electron chi connectivity index (χ3n) is 4.07. The first-order chi connectivity index (χ1) is 10.3. The van der Waals surface area contributed by atoms with Gasteiger partial charge < -0.3 is 5.32 Å². The summed E-state index contributed by atoms with van der Waals surface area (Å²) in [5, 5.41) is 6.63. The highest BCUT2D eigenvalue weighted by Crippen LogP contribution is 2.27. The summed E-state index contributed by atoms with van der Waals surface area (Å²) >= 11 is 1.71. The van der Waals surface area contributed by atoms with E-state index in [1.54, 1.807) is 11.3 Å². The second kappa shape index (κ2) is 5.10. The highest BCUT2D eigenvalue weighted by Gasteiger charge is 2.15. The van der Waals surface area contributed by atoms with Crippen LogP contribution in [0.5, 0.6) is 0 Å². The third kappa shape index (κ3) is 2.28. The summed E-state index contributed by atoms with van der Waals surface area (Å²) in [6, 6.07) is 14.4. The van der Waals surface area contributed by atoms with Crippen LogP contribution in [-0.2, 0) is 19.5 Å². The van der Waals surface area contributed by atoms with Gasteiger partial charge in [-0.3, -0.25) is 4.79 Å². The molecule has 1 aliphatic rings. The molecule has 0 bridgehead atoms. The zero-order valence-electron chi connectivity index (χ0n) is 11.6. The van der Waals surface area contributed by atoms with E-state index in [1.807, 2.05) is 24.3 Å². The summed E-state index contributed by atoms with van der Waals surface area (Å²) in [5.41, 5.74) is 4.54. The molecule has 3 heteroatoms. The Hall–Kier alpha value is -1.97. The van der Waals surface area contributed by atoms with Gasteiger partial charge in [-0.15, -0.1) is 11.3 Å². The number of nitrogens with one attached hydrogen (secondary N) is 1. The molecule has 0 spiro atoms. The second-order valence-electron chi connectivity index (χ2n) is 5.44. The van der Waals surface area contributed by atoms with E-state index in [1.165, 1.54) is 21.2 Å². The van der Waals surface area contributed by atoms with Gasteiger partial charge in [0.25, 0.3) is 0 Å². The number of carbonyl (C=O) groups is 1. The fraction of sp³-hybridized carbons (Fsp3) is 0.167. The van der Waals surface area contributed by atoms with E-state index in [0.717, 1.165) is 24.2 Å². The molecule has 0 fully saturated rings. The minimum atomic E-state index is 0.202. The van der Waals surface area contributed by atoms with Crippen molar-refractivity contribution in [1.82, 2.24) is 5.32 Å². The van der Waals surface area contributed by atoms with Gasteiger partial charge in [0.1, 0.15) is 0 Å². The highest BCUT2D eigenvalue weighted by molar-refractivity contribution is 7.17. The zero-order valence-corrected chi connectivity index (χ0v) is 12.4. The molecule has 0 atom stereocenters. The van der Waals surface area contributed by atoms with Crippen molar-refractivity contribution < 1.29 is 4.79 Å². The molecule has 1 aliphatic heterocycles. The smallest absolute Gasteiger partial charge is 0.167 e. The van der Waals surface area contributed by atoms with Crippen molar-refractivity contribution in [2.75, 3.05) is 0 Å². The Morgan fingerprint density at radius 3 is 2.90 bits per heavy atom. The van der Waals surface area contributed by atoms with Crippen LogP contribution in [0.4, 0.5) is 0 Å². The molecule has 2 aromatic carbocycles. The molecule has 2 heterocycles. The van der Waals surface area contributed by atoms with Crippen molar-refractivity contribution in [2.45, 2.75) is 19.5 Å². The van der Waals surface area contributed by atoms with Crippen LogP contribution in [0.3, 0.4) is 0 Å². The van der Waals surface area contributed by atoms with Gasteiger partial charge in [0.05, 0.1) is 0 Å². The van der Waals surface area contributed by atoms with E-state index in [0.29, 0.717) is 6.42 Å². The van der Waals surface area contributed by atoms with E-state index in [-0.39, 0.29) is 5.78 Å². The van der Waals surface area contributed by atoms with Crippen molar-refractivity contribution in [3.63, 3.8) is 0 Å². The van der Waals surface area contributed by atoms with Gasteiger partial charge in [-0.05, 0) is 39.6 Å². The van der Waals surface area contributed by atoms with Crippen molar-refractivity contribution in [1.29, 1.82) is 0 Å². The van der Waals surface area contributed by atoms with Crippen LogP contribution in [-0.4, -0.2) is 5.78 Å². The molecule has 0 saturated carbocycles. The Labute approximate surface area is 127 Å². The van der Waals surface area contributed by atoms with Crippen molar-refractivity contribution >= 4 is 27.2 Å². The molecule has 104 valence electrons. The number of thiophene rings is 1. The summed E-state index contributed by atoms with van der Waals surface area (Å²) in [7, 11) is 0. The summed E-state index contributed by atoms with van der Waals surface area (Å²) in [6.07, 6.45) is 0.482. The van der Waals surface area contributed by atoms with Crippen LogP contribution in [0.1, 0.15) is 27.0 Å². The Kier molecular flexibility index (Phi) is 3.09. The molecule has 3 aromatic rings. The molecular formula is C18H15NOS. The fourth-order valence-electron chi connectivity index (χ4n) is 2.91. The minimum absolute atomic E-state index is 0.202. The Morgan fingerprint density at radius 1 is 1.10 bits per heavy atom. The van der Waals surface area contributed by atoms with Gasteiger partial charge in [-0.25, -0.2) is 0 Å². The van der Waals surface area contributed by atoms with Gasteiger partial charge >= 0.3 is 0 Å². The Morgan fingerprint density at radius 2 is 1.95 bits per heavy atom. The van der Waals surface area contributed by atoms with Crippen molar-refractivity contribution in [2.24, 2.45) is 0 Å². The second-order valence-corrected chi connectivity index (χ2v) is 6.36. The van der Waals surface area contributed by atoms with Gasteiger partial charge in [0, 0.05) is 29.8 Å². The van der Waals surface area contributed by atoms with Crippen molar-refractivity contribution in [3.05, 3.63) is 70.1 Å². The van der Waals surface area contributed by atoms with E-state index in [2.05, 4.69) is 28.9 Å². The molecule has 1 aromatic heterocycles. The lowest BCUT2D eigenvalue weighted by Crippen LogP contribution is -2.04. The number of Topliss-reactive ketones (excluding diaryl/α,β-unsaturated/α-hetero) is 1. The van der Waals surface area contributed by atoms with Gasteiger partial charge in [-0.2, -0.15) is 0 Å². The van der Waals surface area contributed by atoms with Crippen LogP contribution in [0.15, 0.2) is 47.8 Å². The number of fused-ring (bicyclic) bond motifs is 2. The molecular weight excluding hydrogens is 278 g/mol. The highest BCUT2D eigenvalue weighted by atomic mass is 32.1. The summed E-state index contributed by atoms with van der Waals surface area (Å²) in [4.78, 5) is 12.5. The zero-order chi connectivity index (χ0) is 14.2. The van der Waals surface area contributed by atoms with E-state index >= 15 is 0 Å². The number of hydrogen-bond acceptors (Lipinski definition) is 3. The topological polar surface area (TPSA) is 29.1 Å². The van der Waals surface area contributed by atoms with E-state index in [4.69, 9.17) is 0 Å². The molecule has 0 radical (unpaired) electrons. The summed E-state index contributed by atoms with van der Waals surface area (Å²) in [6.45, 7) is 1.79. The van der Waals surface area contributed by atoms with Crippen LogP contribution in [0.2, 0.25) is 0 Å². The van der Waals surface area contributed by atoms with Crippen LogP contribution in [0, 0.1) is 0 Å². The van der Waals surface area contributed by atoms with Crippen LogP contribution >= 0.6 is 11.3 Å². The van der Waals surface area contributed by atoms with Gasteiger partial charge in [0.2, 0.25) is 0 Å². The summed E-state index contributed by atoms with van der Waals surface area (Å²) in [5.74, 6) is 0.202. The maximum atomic E-state index is 12.5. The molecule has 0 amide bonds. The van der Waals surface area contributed by atoms with Crippen LogP contribution in [0.25, 0.3) is 10.1 Å². The maximum absolute atomic E-state index is 12.5. The number of rotatable bonds is 3. The quantitative estimate of drug-likeness (QED) is 0.741. The van der Waals surface area contributed by atoms with Crippen molar-refractivity contribution in [3.8, 4) is 0 Å². The van der Waals surface area contributed by atoms with E-state index < -0.39 is 0 Å². The number of carbonyl (C=O) groups excluding carboxylic acids is 1. The number of hydrogen-bond donors (Lipinski definition) is 1. The first-order valence-corrected chi connectivity index (χ1v) is 8.00. The predicted octanol–water partition coefficient (Wildman–Crippen LogP) is 3.93. The lowest BCUT2D eigenvalue weighted by molar-refractivity contribution is 0.0993. The largest absolute Gasteiger partial charge is 0.309 e. The summed E-state index contributed by atoms with van der Waals surface area (Å²) < 4.78 is 1.25. The molecule has 0 aliphatic carbocycles. The lowest BCUT2D eigenvalue weighted by atomic mass is 9.99. The average Bonchev–Trinajstić information content (AvgIpc) is 3.13. The molecule has 2 nitrogen and oxygen atoms in total. The SMILES string of the molecule is O=C(Cc1csc2ccccc12)c1ccc2c(c1)CNC2. The first kappa shape index (κ1) is 12.7. The van der Waals surface area contributed by atoms with Gasteiger partial charge in [0.15, 0.2) is 5.78 Å². The molecule has 0 unspecified atom stereocenters. The first-order valence-electron chi connectivity index (χ1n) is 7.12. The fourth-order valence-corrected chi connectivity index (χ4v) is 3.88. The predicted molar refractivity (Wildman–Crippen MR) is 86.8 cm³/mol. The molecule has 1 N–H and O–H groups in total. The Balaban J connectivity index is 1.63. The van der Waals surface area contributed by atoms with Gasteiger partial charge in [-0.1, -0.05) is 30.3 Å². The normalized spacial score (nSPS) is 13.5. The monoisotopic (exact) mass is 293 g/mol. The van der Waals surface area contributed by atoms with Crippen LogP contribution < -0.4 is 5.32 Å². The average molecular weight is 293 g/mol. The molecule has 4 rings (SSSR count). The lowest BCUT2D eigenvalue weighted by Gasteiger charge is -2.04. The minimum Gasteiger partial charge on any atom is -0.309 e. The number of ketones is 1. The maximum Gasteiger partial charge on any atom is 0.167 e. The van der Waals surface area contributed by atoms with E-state index in [9.17, 15) is 4.79 Å². The standard InChI is InChI=1S/C18H15NOS/c20-17(12-5-6-13-9-19-10-14(13)7-12)8-15-11-21-18-4-2-1-3-16(15)18/h1-7,11,19H,8-10H2. The third-order valence-corrected chi connectivity index (χ3v) is 5.08. The number of benzene rings is 2. The Bertz CT molecular complexity index is 834. The molecule has 0 saturated heterocycles.